The van der Waals surface area contributed by atoms with Crippen molar-refractivity contribution < 1.29 is 4.79 Å². The minimum atomic E-state index is 0.0286. The Morgan fingerprint density at radius 1 is 1.07 bits per heavy atom. The van der Waals surface area contributed by atoms with Crippen molar-refractivity contribution in [1.82, 2.24) is 15.3 Å². The molecule has 0 aliphatic heterocycles. The SMILES string of the molecule is CC(C)CNC(=O)CCNc1nc(-c2ccccc2Cl)nc2ccccc12. The van der Waals surface area contributed by atoms with Crippen LogP contribution in [0.4, 0.5) is 5.82 Å². The molecule has 3 aromatic rings. The summed E-state index contributed by atoms with van der Waals surface area (Å²) in [5, 5.41) is 7.72. The average molecular weight is 383 g/mol. The minimum absolute atomic E-state index is 0.0286. The molecule has 0 aliphatic carbocycles. The zero-order chi connectivity index (χ0) is 19.2. The Kier molecular flexibility index (Phi) is 6.24. The first-order chi connectivity index (χ1) is 13.0. The highest BCUT2D eigenvalue weighted by Gasteiger charge is 2.12. The van der Waals surface area contributed by atoms with E-state index < -0.39 is 0 Å². The van der Waals surface area contributed by atoms with Gasteiger partial charge in [-0.2, -0.15) is 0 Å². The summed E-state index contributed by atoms with van der Waals surface area (Å²) in [6.07, 6.45) is 0.381. The Morgan fingerprint density at radius 2 is 1.81 bits per heavy atom. The Hall–Kier alpha value is -2.66. The number of nitrogens with zero attached hydrogens (tertiary/aromatic N) is 2. The predicted molar refractivity (Wildman–Crippen MR) is 111 cm³/mol. The molecule has 140 valence electrons. The third-order valence-corrected chi connectivity index (χ3v) is 4.40. The normalized spacial score (nSPS) is 11.0. The fraction of sp³-hybridized carbons (Fsp3) is 0.286. The standard InChI is InChI=1S/C21H23ClN4O/c1-14(2)13-24-19(27)11-12-23-20-16-8-4-6-10-18(16)25-21(26-20)15-7-3-5-9-17(15)22/h3-10,14H,11-13H2,1-2H3,(H,24,27)(H,23,25,26). The maximum Gasteiger partial charge on any atom is 0.221 e. The summed E-state index contributed by atoms with van der Waals surface area (Å²) in [7, 11) is 0. The molecule has 27 heavy (non-hydrogen) atoms. The van der Waals surface area contributed by atoms with Crippen LogP contribution in [0.15, 0.2) is 48.5 Å². The number of fused-ring (bicyclic) bond motifs is 1. The van der Waals surface area contributed by atoms with Gasteiger partial charge >= 0.3 is 0 Å². The Balaban J connectivity index is 1.82. The van der Waals surface area contributed by atoms with Crippen molar-refractivity contribution in [3.8, 4) is 11.4 Å². The molecule has 6 heteroatoms. The molecule has 0 fully saturated rings. The smallest absolute Gasteiger partial charge is 0.221 e. The van der Waals surface area contributed by atoms with Crippen molar-refractivity contribution in [3.05, 3.63) is 53.6 Å². The second-order valence-electron chi connectivity index (χ2n) is 6.77. The van der Waals surface area contributed by atoms with Crippen LogP contribution in [0, 0.1) is 5.92 Å². The lowest BCUT2D eigenvalue weighted by Crippen LogP contribution is -2.28. The van der Waals surface area contributed by atoms with Crippen molar-refractivity contribution in [3.63, 3.8) is 0 Å². The molecule has 0 bridgehead atoms. The topological polar surface area (TPSA) is 66.9 Å². The second-order valence-corrected chi connectivity index (χ2v) is 7.17. The molecule has 2 N–H and O–H groups in total. The van der Waals surface area contributed by atoms with Gasteiger partial charge in [0, 0.05) is 30.5 Å². The van der Waals surface area contributed by atoms with E-state index in [1.165, 1.54) is 0 Å². The van der Waals surface area contributed by atoms with Crippen molar-refractivity contribution in [1.29, 1.82) is 0 Å². The maximum atomic E-state index is 11.9. The summed E-state index contributed by atoms with van der Waals surface area (Å²) in [4.78, 5) is 21.2. The molecule has 5 nitrogen and oxygen atoms in total. The monoisotopic (exact) mass is 382 g/mol. The molecule has 0 atom stereocenters. The van der Waals surface area contributed by atoms with Crippen LogP contribution in [0.2, 0.25) is 5.02 Å². The van der Waals surface area contributed by atoms with Crippen molar-refractivity contribution >= 4 is 34.2 Å². The van der Waals surface area contributed by atoms with E-state index in [0.29, 0.717) is 42.1 Å². The van der Waals surface area contributed by atoms with Crippen LogP contribution in [-0.4, -0.2) is 29.0 Å². The van der Waals surface area contributed by atoms with Gasteiger partial charge in [0.25, 0.3) is 0 Å². The molecular weight excluding hydrogens is 360 g/mol. The summed E-state index contributed by atoms with van der Waals surface area (Å²) in [5.41, 5.74) is 1.61. The number of nitrogens with one attached hydrogen (secondary N) is 2. The Bertz CT molecular complexity index is 942. The number of halogens is 1. The highest BCUT2D eigenvalue weighted by Crippen LogP contribution is 2.29. The molecular formula is C21H23ClN4O. The van der Waals surface area contributed by atoms with Gasteiger partial charge in [-0.05, 0) is 30.2 Å². The molecule has 3 rings (SSSR count). The van der Waals surface area contributed by atoms with E-state index in [9.17, 15) is 4.79 Å². The van der Waals surface area contributed by atoms with Crippen molar-refractivity contribution in [2.45, 2.75) is 20.3 Å². The molecule has 0 saturated heterocycles. The Labute approximate surface area is 164 Å². The average Bonchev–Trinajstić information content (AvgIpc) is 2.66. The summed E-state index contributed by atoms with van der Waals surface area (Å²) in [6, 6.07) is 15.3. The van der Waals surface area contributed by atoms with Crippen LogP contribution >= 0.6 is 11.6 Å². The number of hydrogen-bond acceptors (Lipinski definition) is 4. The van der Waals surface area contributed by atoms with Gasteiger partial charge in [-0.3, -0.25) is 4.79 Å². The molecule has 0 radical (unpaired) electrons. The van der Waals surface area contributed by atoms with Crippen LogP contribution in [0.1, 0.15) is 20.3 Å². The lowest BCUT2D eigenvalue weighted by molar-refractivity contribution is -0.120. The highest BCUT2D eigenvalue weighted by molar-refractivity contribution is 6.33. The molecule has 0 spiro atoms. The van der Waals surface area contributed by atoms with Crippen LogP contribution in [0.5, 0.6) is 0 Å². The van der Waals surface area contributed by atoms with E-state index in [0.717, 1.165) is 16.5 Å². The maximum absolute atomic E-state index is 11.9. The highest BCUT2D eigenvalue weighted by atomic mass is 35.5. The molecule has 0 saturated carbocycles. The van der Waals surface area contributed by atoms with Gasteiger partial charge in [0.15, 0.2) is 5.82 Å². The summed E-state index contributed by atoms with van der Waals surface area (Å²) in [6.45, 7) is 5.32. The van der Waals surface area contributed by atoms with Gasteiger partial charge in [0.2, 0.25) is 5.91 Å². The van der Waals surface area contributed by atoms with Crippen molar-refractivity contribution in [2.75, 3.05) is 18.4 Å². The van der Waals surface area contributed by atoms with Crippen LogP contribution in [0.3, 0.4) is 0 Å². The molecule has 2 aromatic carbocycles. The molecule has 0 aliphatic rings. The van der Waals surface area contributed by atoms with Gasteiger partial charge in [-0.25, -0.2) is 9.97 Å². The molecule has 1 heterocycles. The first-order valence-electron chi connectivity index (χ1n) is 9.07. The lowest BCUT2D eigenvalue weighted by atomic mass is 10.2. The largest absolute Gasteiger partial charge is 0.369 e. The fourth-order valence-electron chi connectivity index (χ4n) is 2.68. The van der Waals surface area contributed by atoms with Gasteiger partial charge in [0.05, 0.1) is 10.5 Å². The van der Waals surface area contributed by atoms with Crippen LogP contribution in [-0.2, 0) is 4.79 Å². The summed E-state index contributed by atoms with van der Waals surface area (Å²) in [5.74, 6) is 1.73. The number of rotatable bonds is 7. The predicted octanol–water partition coefficient (Wildman–Crippen LogP) is 4.52. The zero-order valence-corrected chi connectivity index (χ0v) is 16.3. The number of aromatic nitrogens is 2. The van der Waals surface area contributed by atoms with Gasteiger partial charge in [0.1, 0.15) is 5.82 Å². The summed E-state index contributed by atoms with van der Waals surface area (Å²) < 4.78 is 0. The first kappa shape index (κ1) is 19.1. The Morgan fingerprint density at radius 3 is 2.59 bits per heavy atom. The lowest BCUT2D eigenvalue weighted by Gasteiger charge is -2.12. The van der Waals surface area contributed by atoms with E-state index in [1.807, 2.05) is 48.5 Å². The van der Waals surface area contributed by atoms with Gasteiger partial charge in [-0.1, -0.05) is 49.7 Å². The number of carbonyl (C=O) groups is 1. The second kappa shape index (κ2) is 8.82. The number of amides is 1. The number of hydrogen-bond donors (Lipinski definition) is 2. The first-order valence-corrected chi connectivity index (χ1v) is 9.44. The fourth-order valence-corrected chi connectivity index (χ4v) is 2.90. The van der Waals surface area contributed by atoms with Crippen molar-refractivity contribution in [2.24, 2.45) is 5.92 Å². The van der Waals surface area contributed by atoms with Crippen LogP contribution in [0.25, 0.3) is 22.3 Å². The van der Waals surface area contributed by atoms with E-state index in [-0.39, 0.29) is 5.91 Å². The third-order valence-electron chi connectivity index (χ3n) is 4.07. The van der Waals surface area contributed by atoms with Gasteiger partial charge in [-0.15, -0.1) is 0 Å². The number of anilines is 1. The third kappa shape index (κ3) is 4.95. The molecule has 1 amide bonds. The summed E-state index contributed by atoms with van der Waals surface area (Å²) >= 11 is 6.32. The number of benzene rings is 2. The quantitative estimate of drug-likeness (QED) is 0.630. The molecule has 0 unspecified atom stereocenters. The zero-order valence-electron chi connectivity index (χ0n) is 15.5. The number of para-hydroxylation sites is 1. The number of carbonyl (C=O) groups excluding carboxylic acids is 1. The van der Waals surface area contributed by atoms with E-state index >= 15 is 0 Å². The van der Waals surface area contributed by atoms with Gasteiger partial charge < -0.3 is 10.6 Å². The minimum Gasteiger partial charge on any atom is -0.369 e. The van der Waals surface area contributed by atoms with Crippen LogP contribution < -0.4 is 10.6 Å². The molecule has 1 aromatic heterocycles. The van der Waals surface area contributed by atoms with E-state index in [2.05, 4.69) is 34.4 Å². The van der Waals surface area contributed by atoms with E-state index in [1.54, 1.807) is 0 Å². The van der Waals surface area contributed by atoms with E-state index in [4.69, 9.17) is 11.6 Å².